The monoisotopic (exact) mass is 792 g/mol. The van der Waals surface area contributed by atoms with Crippen LogP contribution in [0, 0.1) is 23.7 Å². The molecule has 302 valence electrons. The molecular formula is C54H56N4O2+2. The smallest absolute Gasteiger partial charge is 0.131 e. The van der Waals surface area contributed by atoms with E-state index in [1.165, 1.54) is 37.6 Å². The molecule has 6 aliphatic rings. The Hall–Kier alpha value is -5.24. The second-order valence-electron chi connectivity index (χ2n) is 18.7. The molecule has 5 aromatic carbocycles. The van der Waals surface area contributed by atoms with E-state index in [1.807, 2.05) is 42.7 Å². The molecule has 6 saturated heterocycles. The van der Waals surface area contributed by atoms with Gasteiger partial charge >= 0.3 is 0 Å². The lowest BCUT2D eigenvalue weighted by atomic mass is 9.69. The minimum absolute atomic E-state index is 0.0656. The Morgan fingerprint density at radius 3 is 1.77 bits per heavy atom. The Labute approximate surface area is 353 Å². The van der Waals surface area contributed by atoms with Crippen LogP contribution >= 0.6 is 0 Å². The van der Waals surface area contributed by atoms with Crippen molar-refractivity contribution < 1.29 is 19.6 Å². The lowest BCUT2D eigenvalue weighted by molar-refractivity contribution is -0.984. The number of aliphatic hydroxyl groups is 2. The molecule has 8 heterocycles. The maximum Gasteiger partial charge on any atom is 0.131 e. The zero-order chi connectivity index (χ0) is 40.5. The predicted molar refractivity (Wildman–Crippen MR) is 242 cm³/mol. The van der Waals surface area contributed by atoms with Gasteiger partial charge in [-0.05, 0) is 74.3 Å². The van der Waals surface area contributed by atoms with Gasteiger partial charge in [0.1, 0.15) is 30.8 Å². The highest BCUT2D eigenvalue weighted by Gasteiger charge is 2.55. The molecule has 11 atom stereocenters. The van der Waals surface area contributed by atoms with E-state index in [0.717, 1.165) is 95.7 Å². The van der Waals surface area contributed by atoms with Gasteiger partial charge in [-0.1, -0.05) is 97.1 Å². The number of nitrogens with one attached hydrogen (secondary N) is 1. The summed E-state index contributed by atoms with van der Waals surface area (Å²) >= 11 is 0. The van der Waals surface area contributed by atoms with Crippen LogP contribution in [-0.4, -0.2) is 62.4 Å². The summed E-state index contributed by atoms with van der Waals surface area (Å²) in [5.74, 6) is 1.92. The fourth-order valence-electron chi connectivity index (χ4n) is 13.1. The second kappa shape index (κ2) is 15.0. The molecular weight excluding hydrogens is 737 g/mol. The molecule has 7 aromatic rings. The average molecular weight is 793 g/mol. The Balaban J connectivity index is 0.991. The zero-order valence-corrected chi connectivity index (χ0v) is 34.4. The summed E-state index contributed by atoms with van der Waals surface area (Å²) < 4.78 is 0.854. The van der Waals surface area contributed by atoms with Crippen LogP contribution in [0.3, 0.4) is 0 Å². The molecule has 0 spiro atoms. The molecule has 13 rings (SSSR count). The van der Waals surface area contributed by atoms with Crippen molar-refractivity contribution in [2.45, 2.75) is 69.0 Å². The first-order valence-corrected chi connectivity index (χ1v) is 22.4. The number of nitrogens with zero attached hydrogens (tertiary/aromatic N) is 3. The summed E-state index contributed by atoms with van der Waals surface area (Å²) in [4.78, 5) is 10.8. The van der Waals surface area contributed by atoms with E-state index >= 15 is 0 Å². The van der Waals surface area contributed by atoms with Gasteiger partial charge in [-0.3, -0.25) is 9.97 Å². The highest BCUT2D eigenvalue weighted by molar-refractivity contribution is 6.05. The van der Waals surface area contributed by atoms with Gasteiger partial charge in [0.05, 0.1) is 36.7 Å². The number of hydrogen-bond acceptors (Lipinski definition) is 4. The van der Waals surface area contributed by atoms with Crippen LogP contribution in [-0.2, 0) is 13.0 Å². The van der Waals surface area contributed by atoms with Crippen molar-refractivity contribution in [3.05, 3.63) is 169 Å². The van der Waals surface area contributed by atoms with Gasteiger partial charge in [0.2, 0.25) is 0 Å². The zero-order valence-electron chi connectivity index (χ0n) is 34.4. The first-order chi connectivity index (χ1) is 29.4. The average Bonchev–Trinajstić information content (AvgIpc) is 3.31. The largest absolute Gasteiger partial charge is 0.382 e. The number of pyridine rings is 2. The maximum atomic E-state index is 12.6. The number of benzene rings is 5. The van der Waals surface area contributed by atoms with Gasteiger partial charge in [-0.25, -0.2) is 0 Å². The molecule has 6 fully saturated rings. The van der Waals surface area contributed by atoms with Crippen LogP contribution in [0.1, 0.15) is 60.1 Å². The van der Waals surface area contributed by atoms with Crippen LogP contribution in [0.25, 0.3) is 43.4 Å². The maximum absolute atomic E-state index is 12.6. The van der Waals surface area contributed by atoms with Crippen LogP contribution in [0.2, 0.25) is 0 Å². The molecule has 3 N–H and O–H groups in total. The van der Waals surface area contributed by atoms with Gasteiger partial charge in [-0.2, -0.15) is 0 Å². The molecule has 4 bridgehead atoms. The van der Waals surface area contributed by atoms with E-state index in [1.54, 1.807) is 0 Å². The number of quaternary nitrogens is 2. The van der Waals surface area contributed by atoms with E-state index in [4.69, 9.17) is 0 Å². The van der Waals surface area contributed by atoms with Crippen molar-refractivity contribution in [3.63, 3.8) is 0 Å². The van der Waals surface area contributed by atoms with E-state index < -0.39 is 12.2 Å². The highest BCUT2D eigenvalue weighted by Crippen LogP contribution is 2.49. The van der Waals surface area contributed by atoms with Crippen molar-refractivity contribution in [2.24, 2.45) is 23.7 Å². The number of aliphatic hydroxyl groups excluding tert-OH is 2. The van der Waals surface area contributed by atoms with Crippen molar-refractivity contribution in [2.75, 3.05) is 19.6 Å². The van der Waals surface area contributed by atoms with Crippen molar-refractivity contribution in [1.82, 2.24) is 9.97 Å². The Morgan fingerprint density at radius 1 is 0.633 bits per heavy atom. The Morgan fingerprint density at radius 2 is 1.18 bits per heavy atom. The number of para-hydroxylation sites is 2. The van der Waals surface area contributed by atoms with E-state index in [0.29, 0.717) is 29.7 Å². The van der Waals surface area contributed by atoms with Crippen LogP contribution in [0.4, 0.5) is 0 Å². The molecule has 7 unspecified atom stereocenters. The molecule has 6 nitrogen and oxygen atoms in total. The normalized spacial score (nSPS) is 29.6. The molecule has 6 aliphatic heterocycles. The summed E-state index contributed by atoms with van der Waals surface area (Å²) in [5, 5.41) is 32.4. The molecule has 0 saturated carbocycles. The SMILES string of the molecule is C=CC1C[NH+]2C(Cc3c4ccccc4c(C[N+]45CCC(C[C@@H]4[C@@H](O)c4ccnc6ccccc46)C(C=C)C5)c4ccccc34)CC1C[C@@H]2[C@@H](O)c1ccnc2ccccc12. The molecule has 0 aliphatic carbocycles. The number of aromatic nitrogens is 2. The van der Waals surface area contributed by atoms with Gasteiger partial charge in [-0.15, -0.1) is 13.2 Å². The van der Waals surface area contributed by atoms with Gasteiger partial charge < -0.3 is 19.6 Å². The summed E-state index contributed by atoms with van der Waals surface area (Å²) in [6.07, 6.45) is 12.1. The predicted octanol–water partition coefficient (Wildman–Crippen LogP) is 8.86. The van der Waals surface area contributed by atoms with E-state index in [2.05, 4.69) is 114 Å². The lowest BCUT2D eigenvalue weighted by Gasteiger charge is -2.58. The third-order valence-electron chi connectivity index (χ3n) is 16.0. The third-order valence-corrected chi connectivity index (χ3v) is 16.0. The first kappa shape index (κ1) is 37.7. The summed E-state index contributed by atoms with van der Waals surface area (Å²) in [6.45, 7) is 12.5. The van der Waals surface area contributed by atoms with E-state index in [-0.39, 0.29) is 12.1 Å². The van der Waals surface area contributed by atoms with Gasteiger partial charge in [0.25, 0.3) is 0 Å². The van der Waals surface area contributed by atoms with Crippen molar-refractivity contribution >= 4 is 43.4 Å². The topological polar surface area (TPSA) is 70.7 Å². The third kappa shape index (κ3) is 6.06. The number of piperidine rings is 6. The molecule has 0 radical (unpaired) electrons. The summed E-state index contributed by atoms with van der Waals surface area (Å²) in [5.41, 5.74) is 6.68. The minimum Gasteiger partial charge on any atom is -0.382 e. The quantitative estimate of drug-likeness (QED) is 0.0736. The molecule has 0 amide bonds. The summed E-state index contributed by atoms with van der Waals surface area (Å²) in [7, 11) is 0. The van der Waals surface area contributed by atoms with Crippen LogP contribution in [0.15, 0.2) is 147 Å². The Kier molecular flexibility index (Phi) is 9.46. The molecule has 2 aromatic heterocycles. The lowest BCUT2D eigenvalue weighted by Crippen LogP contribution is -3.23. The van der Waals surface area contributed by atoms with Gasteiger partial charge in [0, 0.05) is 72.7 Å². The minimum atomic E-state index is -0.602. The number of fused-ring (bicyclic) bond motifs is 10. The fraction of sp³-hybridized carbons (Fsp3) is 0.333. The van der Waals surface area contributed by atoms with Crippen molar-refractivity contribution in [1.29, 1.82) is 0 Å². The standard InChI is InChI=1S/C54H55N4O2/c1-3-34-31-57-38(27-37(34)28-51(57)53(59)45-21-24-55-49-19-11-9-17-43(45)49)30-47-39-13-5-7-15-41(39)48(42-16-8-6-14-40(42)47)33-58-26-23-36(35(4-2)32-58)29-52(58)54(60)46-22-25-56-50-20-12-10-18-44(46)50/h3-22,24-25,34-38,51-54,59-60H,1-2,23,26-33H2/q+1/p+1/t34?,35?,36?,37?,38?,51-,52-,53+,54+,58?/m1/s1. The van der Waals surface area contributed by atoms with Gasteiger partial charge in [0.15, 0.2) is 0 Å². The fourth-order valence-corrected chi connectivity index (χ4v) is 13.1. The Bertz CT molecular complexity index is 2720. The summed E-state index contributed by atoms with van der Waals surface area (Å²) in [6, 6.07) is 39.4. The van der Waals surface area contributed by atoms with Crippen molar-refractivity contribution in [3.8, 4) is 0 Å². The van der Waals surface area contributed by atoms with E-state index in [9.17, 15) is 10.2 Å². The molecule has 60 heavy (non-hydrogen) atoms. The molecule has 6 heteroatoms. The first-order valence-electron chi connectivity index (χ1n) is 22.4. The van der Waals surface area contributed by atoms with Crippen LogP contribution in [0.5, 0.6) is 0 Å². The highest BCUT2D eigenvalue weighted by atomic mass is 16.3. The number of rotatable bonds is 10. The number of hydrogen-bond donors (Lipinski definition) is 3. The second-order valence-corrected chi connectivity index (χ2v) is 18.7. The van der Waals surface area contributed by atoms with Crippen LogP contribution < -0.4 is 4.90 Å².